The van der Waals surface area contributed by atoms with E-state index in [2.05, 4.69) is 20.8 Å². The molecule has 0 radical (unpaired) electrons. The van der Waals surface area contributed by atoms with Crippen LogP contribution >= 0.6 is 15.9 Å². The summed E-state index contributed by atoms with van der Waals surface area (Å²) in [7, 11) is -3.75. The fraction of sp³-hybridized carbons (Fsp3) is 0.364. The van der Waals surface area contributed by atoms with Crippen molar-refractivity contribution in [2.45, 2.75) is 4.90 Å². The third-order valence-corrected chi connectivity index (χ3v) is 5.08. The van der Waals surface area contributed by atoms with Gasteiger partial charge in [-0.15, -0.1) is 4.83 Å². The topological polar surface area (TPSA) is 95.9 Å². The number of halogens is 1. The molecule has 20 heavy (non-hydrogen) atoms. The van der Waals surface area contributed by atoms with E-state index in [4.69, 9.17) is 9.84 Å². The number of carbonyl (C=O) groups is 1. The van der Waals surface area contributed by atoms with Crippen molar-refractivity contribution < 1.29 is 23.1 Å². The Morgan fingerprint density at radius 2 is 2.00 bits per heavy atom. The molecule has 1 aliphatic heterocycles. The van der Waals surface area contributed by atoms with Gasteiger partial charge < -0.3 is 9.84 Å². The zero-order valence-electron chi connectivity index (χ0n) is 10.4. The maximum absolute atomic E-state index is 12.2. The van der Waals surface area contributed by atoms with Crippen LogP contribution in [0.4, 0.5) is 0 Å². The molecule has 0 saturated carbocycles. The summed E-state index contributed by atoms with van der Waals surface area (Å²) in [5.41, 5.74) is 0.0159. The van der Waals surface area contributed by atoms with E-state index in [1.165, 1.54) is 18.2 Å². The normalized spacial score (nSPS) is 17.1. The molecule has 1 heterocycles. The van der Waals surface area contributed by atoms with Crippen molar-refractivity contribution in [2.24, 2.45) is 0 Å². The molecule has 1 aromatic rings. The summed E-state index contributed by atoms with van der Waals surface area (Å²) in [6, 6.07) is 3.77. The number of sulfonamides is 1. The van der Waals surface area contributed by atoms with E-state index in [9.17, 15) is 13.2 Å². The molecule has 1 fully saturated rings. The quantitative estimate of drug-likeness (QED) is 0.815. The number of nitrogens with zero attached hydrogens (tertiary/aromatic N) is 1. The number of benzene rings is 1. The maximum atomic E-state index is 12.2. The van der Waals surface area contributed by atoms with Gasteiger partial charge in [0.25, 0.3) is 10.0 Å². The summed E-state index contributed by atoms with van der Waals surface area (Å²) in [6.45, 7) is 1.84. The van der Waals surface area contributed by atoms with Gasteiger partial charge in [0.2, 0.25) is 0 Å². The molecule has 0 bridgehead atoms. The number of hydrazine groups is 1. The van der Waals surface area contributed by atoms with Crippen LogP contribution in [0.25, 0.3) is 0 Å². The lowest BCUT2D eigenvalue weighted by Crippen LogP contribution is -2.48. The minimum Gasteiger partial charge on any atom is -0.478 e. The van der Waals surface area contributed by atoms with Gasteiger partial charge in [0.15, 0.2) is 0 Å². The van der Waals surface area contributed by atoms with Crippen molar-refractivity contribution in [3.8, 4) is 0 Å². The zero-order valence-corrected chi connectivity index (χ0v) is 12.8. The first kappa shape index (κ1) is 15.4. The fourth-order valence-electron chi connectivity index (χ4n) is 1.73. The predicted octanol–water partition coefficient (Wildman–Crippen LogP) is 0.673. The summed E-state index contributed by atoms with van der Waals surface area (Å²) in [6.07, 6.45) is 0. The maximum Gasteiger partial charge on any atom is 0.335 e. The van der Waals surface area contributed by atoms with Crippen LogP contribution < -0.4 is 4.83 Å². The van der Waals surface area contributed by atoms with Gasteiger partial charge in [-0.1, -0.05) is 0 Å². The summed E-state index contributed by atoms with van der Waals surface area (Å²) < 4.78 is 29.8. The van der Waals surface area contributed by atoms with Crippen molar-refractivity contribution in [2.75, 3.05) is 26.3 Å². The van der Waals surface area contributed by atoms with E-state index in [1.54, 1.807) is 5.01 Å². The van der Waals surface area contributed by atoms with Crippen molar-refractivity contribution >= 4 is 31.9 Å². The largest absolute Gasteiger partial charge is 0.478 e. The monoisotopic (exact) mass is 364 g/mol. The minimum absolute atomic E-state index is 0.00556. The SMILES string of the molecule is O=C(O)c1ccc(S(=O)(=O)NN2CCOCC2)c(Br)c1. The average Bonchev–Trinajstić information content (AvgIpc) is 2.38. The Hall–Kier alpha value is -1.00. The smallest absolute Gasteiger partial charge is 0.335 e. The Morgan fingerprint density at radius 1 is 1.35 bits per heavy atom. The van der Waals surface area contributed by atoms with Gasteiger partial charge in [-0.25, -0.2) is 18.2 Å². The summed E-state index contributed by atoms with van der Waals surface area (Å²) in [4.78, 5) is 13.3. The van der Waals surface area contributed by atoms with Gasteiger partial charge in [-0.2, -0.15) is 0 Å². The van der Waals surface area contributed by atoms with Crippen LogP contribution in [0.5, 0.6) is 0 Å². The second-order valence-corrected chi connectivity index (χ2v) is 6.63. The molecule has 2 rings (SSSR count). The van der Waals surface area contributed by atoms with Crippen molar-refractivity contribution in [3.05, 3.63) is 28.2 Å². The van der Waals surface area contributed by atoms with E-state index >= 15 is 0 Å². The first-order valence-electron chi connectivity index (χ1n) is 5.78. The average molecular weight is 365 g/mol. The molecule has 1 aromatic carbocycles. The summed E-state index contributed by atoms with van der Waals surface area (Å²) >= 11 is 3.09. The lowest BCUT2D eigenvalue weighted by molar-refractivity contribution is 0.0272. The van der Waals surface area contributed by atoms with E-state index in [0.29, 0.717) is 26.3 Å². The number of rotatable bonds is 4. The number of carboxylic acids is 1. The van der Waals surface area contributed by atoms with Crippen LogP contribution in [0.1, 0.15) is 10.4 Å². The lowest BCUT2D eigenvalue weighted by atomic mass is 10.2. The standard InChI is InChI=1S/C11H13BrN2O5S/c12-9-7-8(11(15)16)1-2-10(9)20(17,18)13-14-3-5-19-6-4-14/h1-2,7,13H,3-6H2,(H,15,16). The Labute approximate surface area is 124 Å². The molecule has 0 aromatic heterocycles. The Morgan fingerprint density at radius 3 is 2.55 bits per heavy atom. The minimum atomic E-state index is -3.75. The van der Waals surface area contributed by atoms with E-state index < -0.39 is 16.0 Å². The second-order valence-electron chi connectivity index (χ2n) is 4.14. The predicted molar refractivity (Wildman–Crippen MR) is 73.8 cm³/mol. The highest BCUT2D eigenvalue weighted by Gasteiger charge is 2.23. The van der Waals surface area contributed by atoms with E-state index in [1.807, 2.05) is 0 Å². The first-order valence-corrected chi connectivity index (χ1v) is 8.06. The number of morpholine rings is 1. The number of aromatic carboxylic acids is 1. The third-order valence-electron chi connectivity index (χ3n) is 2.73. The van der Waals surface area contributed by atoms with Crippen molar-refractivity contribution in [3.63, 3.8) is 0 Å². The molecule has 0 unspecified atom stereocenters. The molecule has 9 heteroatoms. The molecule has 0 amide bonds. The van der Waals surface area contributed by atoms with Crippen LogP contribution in [0.3, 0.4) is 0 Å². The number of carboxylic acid groups (broad SMARTS) is 1. The summed E-state index contributed by atoms with van der Waals surface area (Å²) in [5, 5.41) is 10.4. The Bertz CT molecular complexity index is 613. The van der Waals surface area contributed by atoms with Gasteiger partial charge in [-0.3, -0.25) is 0 Å². The number of hydrogen-bond acceptors (Lipinski definition) is 5. The molecule has 1 aliphatic rings. The molecule has 110 valence electrons. The second kappa shape index (κ2) is 6.19. The molecule has 1 saturated heterocycles. The highest BCUT2D eigenvalue weighted by molar-refractivity contribution is 9.10. The van der Waals surface area contributed by atoms with E-state index in [0.717, 1.165) is 0 Å². The van der Waals surface area contributed by atoms with Crippen molar-refractivity contribution in [1.29, 1.82) is 0 Å². The van der Waals surface area contributed by atoms with Crippen LogP contribution in [-0.2, 0) is 14.8 Å². The summed E-state index contributed by atoms with van der Waals surface area (Å²) in [5.74, 6) is -1.12. The Balaban J connectivity index is 2.22. The number of ether oxygens (including phenoxy) is 1. The molecule has 7 nitrogen and oxygen atoms in total. The number of nitrogens with one attached hydrogen (secondary N) is 1. The number of hydrogen-bond donors (Lipinski definition) is 2. The Kier molecular flexibility index (Phi) is 4.76. The molecular weight excluding hydrogens is 352 g/mol. The zero-order chi connectivity index (χ0) is 14.8. The van der Waals surface area contributed by atoms with Gasteiger partial charge in [0.1, 0.15) is 0 Å². The molecular formula is C11H13BrN2O5S. The fourth-order valence-corrected chi connectivity index (χ4v) is 3.93. The van der Waals surface area contributed by atoms with Gasteiger partial charge in [-0.05, 0) is 34.1 Å². The first-order chi connectivity index (χ1) is 9.40. The van der Waals surface area contributed by atoms with Crippen LogP contribution in [0.15, 0.2) is 27.6 Å². The highest BCUT2D eigenvalue weighted by atomic mass is 79.9. The van der Waals surface area contributed by atoms with Gasteiger partial charge >= 0.3 is 5.97 Å². The van der Waals surface area contributed by atoms with Crippen molar-refractivity contribution in [1.82, 2.24) is 9.84 Å². The van der Waals surface area contributed by atoms with E-state index in [-0.39, 0.29) is 14.9 Å². The molecule has 0 atom stereocenters. The van der Waals surface area contributed by atoms with Gasteiger partial charge in [0, 0.05) is 17.6 Å². The molecule has 0 aliphatic carbocycles. The third kappa shape index (κ3) is 3.55. The molecule has 2 N–H and O–H groups in total. The van der Waals surface area contributed by atoms with Crippen LogP contribution in [0.2, 0.25) is 0 Å². The van der Waals surface area contributed by atoms with Crippen LogP contribution in [0, 0.1) is 0 Å². The lowest BCUT2D eigenvalue weighted by Gasteiger charge is -2.26. The van der Waals surface area contributed by atoms with Crippen LogP contribution in [-0.4, -0.2) is 50.8 Å². The molecule has 0 spiro atoms. The van der Waals surface area contributed by atoms with Gasteiger partial charge in [0.05, 0.1) is 23.7 Å². The highest BCUT2D eigenvalue weighted by Crippen LogP contribution is 2.23.